The molecular weight excluding hydrogens is 248 g/mol. The quantitative estimate of drug-likeness (QED) is 0.840. The van der Waals surface area contributed by atoms with E-state index in [-0.39, 0.29) is 0 Å². The average Bonchev–Trinajstić information content (AvgIpc) is 2.61. The lowest BCUT2D eigenvalue weighted by atomic mass is 10.3. The molecule has 0 aliphatic carbocycles. The fraction of sp³-hybridized carbons (Fsp3) is 0.333. The zero-order valence-corrected chi connectivity index (χ0v) is 9.31. The van der Waals surface area contributed by atoms with Gasteiger partial charge >= 0.3 is 5.97 Å². The van der Waals surface area contributed by atoms with Crippen molar-refractivity contribution in [2.75, 3.05) is 5.33 Å². The lowest BCUT2D eigenvalue weighted by Crippen LogP contribution is -2.15. The van der Waals surface area contributed by atoms with Gasteiger partial charge in [-0.15, -0.1) is 0 Å². The fourth-order valence-corrected chi connectivity index (χ4v) is 1.13. The van der Waals surface area contributed by atoms with E-state index in [0.717, 1.165) is 10.9 Å². The van der Waals surface area contributed by atoms with E-state index >= 15 is 0 Å². The van der Waals surface area contributed by atoms with Gasteiger partial charge in [0.15, 0.2) is 0 Å². The van der Waals surface area contributed by atoms with Crippen molar-refractivity contribution in [2.24, 2.45) is 0 Å². The first kappa shape index (κ1) is 11.0. The minimum atomic E-state index is -0.885. The van der Waals surface area contributed by atoms with E-state index in [1.54, 1.807) is 19.3 Å². The Morgan fingerprint density at radius 3 is 3.14 bits per heavy atom. The summed E-state index contributed by atoms with van der Waals surface area (Å²) in [4.78, 5) is 10.6. The van der Waals surface area contributed by atoms with Crippen molar-refractivity contribution in [3.8, 4) is 0 Å². The third-order valence-electron chi connectivity index (χ3n) is 1.78. The number of carbonyl (C=O) groups is 1. The highest BCUT2D eigenvalue weighted by Gasteiger charge is 2.13. The van der Waals surface area contributed by atoms with Crippen molar-refractivity contribution in [2.45, 2.75) is 13.0 Å². The van der Waals surface area contributed by atoms with Crippen LogP contribution in [0.1, 0.15) is 18.5 Å². The Bertz CT molecular complexity index is 346. The first-order chi connectivity index (χ1) is 6.65. The maximum absolute atomic E-state index is 10.6. The molecule has 14 heavy (non-hydrogen) atoms. The summed E-state index contributed by atoms with van der Waals surface area (Å²) in [6.45, 7) is 1.59. The maximum atomic E-state index is 10.6. The van der Waals surface area contributed by atoms with Gasteiger partial charge in [0.2, 0.25) is 0 Å². The monoisotopic (exact) mass is 258 g/mol. The predicted octanol–water partition coefficient (Wildman–Crippen LogP) is 1.94. The van der Waals surface area contributed by atoms with Crippen molar-refractivity contribution in [1.82, 2.24) is 9.78 Å². The number of nitrogens with zero attached hydrogens (tertiary/aromatic N) is 2. The zero-order chi connectivity index (χ0) is 10.6. The Hall–Kier alpha value is -1.10. The average molecular weight is 259 g/mol. The molecule has 1 aromatic heterocycles. The molecule has 1 atom stereocenters. The summed E-state index contributed by atoms with van der Waals surface area (Å²) in [6, 6.07) is -0.624. The van der Waals surface area contributed by atoms with Gasteiger partial charge in [-0.25, -0.2) is 4.79 Å². The lowest BCUT2D eigenvalue weighted by Gasteiger charge is -2.04. The summed E-state index contributed by atoms with van der Waals surface area (Å²) in [7, 11) is 0. The summed E-state index contributed by atoms with van der Waals surface area (Å²) in [5, 5.41) is 13.5. The molecule has 1 heterocycles. The number of aliphatic carboxylic acids is 1. The number of carboxylic acids is 1. The van der Waals surface area contributed by atoms with E-state index in [2.05, 4.69) is 21.0 Å². The highest BCUT2D eigenvalue weighted by molar-refractivity contribution is 9.09. The molecule has 0 amide bonds. The summed E-state index contributed by atoms with van der Waals surface area (Å²) >= 11 is 3.26. The number of hydrogen-bond donors (Lipinski definition) is 1. The molecule has 0 unspecified atom stereocenters. The first-order valence-electron chi connectivity index (χ1n) is 4.14. The molecule has 0 aliphatic rings. The molecular formula is C9H11BrN2O2. The molecule has 5 heteroatoms. The lowest BCUT2D eigenvalue weighted by molar-refractivity contribution is -0.140. The van der Waals surface area contributed by atoms with Crippen LogP contribution in [0, 0.1) is 0 Å². The van der Waals surface area contributed by atoms with Crippen LogP contribution in [0.15, 0.2) is 18.5 Å². The number of allylic oxidation sites excluding steroid dienone is 1. The van der Waals surface area contributed by atoms with Crippen molar-refractivity contribution in [1.29, 1.82) is 0 Å². The third-order valence-corrected chi connectivity index (χ3v) is 2.15. The third kappa shape index (κ3) is 2.70. The Morgan fingerprint density at radius 2 is 2.57 bits per heavy atom. The second-order valence-corrected chi connectivity index (χ2v) is 3.47. The van der Waals surface area contributed by atoms with Crippen LogP contribution in [-0.4, -0.2) is 26.2 Å². The van der Waals surface area contributed by atoms with Gasteiger partial charge in [-0.1, -0.05) is 28.1 Å². The molecule has 0 aromatic carbocycles. The number of aromatic nitrogens is 2. The van der Waals surface area contributed by atoms with Gasteiger partial charge in [-0.05, 0) is 6.92 Å². The van der Waals surface area contributed by atoms with Crippen molar-refractivity contribution in [3.05, 3.63) is 24.0 Å². The largest absolute Gasteiger partial charge is 0.480 e. The molecule has 76 valence electrons. The van der Waals surface area contributed by atoms with Crippen LogP contribution >= 0.6 is 15.9 Å². The van der Waals surface area contributed by atoms with E-state index in [1.165, 1.54) is 4.68 Å². The summed E-state index contributed by atoms with van der Waals surface area (Å²) in [5.74, 6) is -0.885. The van der Waals surface area contributed by atoms with Gasteiger partial charge in [0, 0.05) is 17.1 Å². The highest BCUT2D eigenvalue weighted by Crippen LogP contribution is 2.08. The zero-order valence-electron chi connectivity index (χ0n) is 7.72. The normalized spacial score (nSPS) is 13.3. The van der Waals surface area contributed by atoms with E-state index in [9.17, 15) is 4.79 Å². The van der Waals surface area contributed by atoms with Gasteiger partial charge in [0.25, 0.3) is 0 Å². The van der Waals surface area contributed by atoms with Gasteiger partial charge in [0.1, 0.15) is 6.04 Å². The van der Waals surface area contributed by atoms with Crippen LogP contribution in [0.2, 0.25) is 0 Å². The van der Waals surface area contributed by atoms with Crippen LogP contribution in [-0.2, 0) is 4.79 Å². The Labute approximate surface area is 90.4 Å². The van der Waals surface area contributed by atoms with E-state index in [0.29, 0.717) is 0 Å². The summed E-state index contributed by atoms with van der Waals surface area (Å²) in [6.07, 6.45) is 7.15. The molecule has 1 aromatic rings. The molecule has 1 N–H and O–H groups in total. The number of hydrogen-bond acceptors (Lipinski definition) is 2. The van der Waals surface area contributed by atoms with Gasteiger partial charge < -0.3 is 5.11 Å². The number of rotatable bonds is 4. The number of alkyl halides is 1. The summed E-state index contributed by atoms with van der Waals surface area (Å²) < 4.78 is 1.43. The van der Waals surface area contributed by atoms with Crippen LogP contribution < -0.4 is 0 Å². The fourth-order valence-electron chi connectivity index (χ4n) is 0.944. The smallest absolute Gasteiger partial charge is 0.328 e. The standard InChI is InChI=1S/C9H11BrN2O2/c1-7(9(13)14)12-6-8(5-11-12)3-2-4-10/h2-3,5-7H,4H2,1H3,(H,13,14)/t7-/m0/s1. The van der Waals surface area contributed by atoms with E-state index in [4.69, 9.17) is 5.11 Å². The van der Waals surface area contributed by atoms with Crippen molar-refractivity contribution in [3.63, 3.8) is 0 Å². The van der Waals surface area contributed by atoms with Crippen LogP contribution in [0.4, 0.5) is 0 Å². The van der Waals surface area contributed by atoms with Crippen LogP contribution in [0.25, 0.3) is 6.08 Å². The molecule has 0 bridgehead atoms. The van der Waals surface area contributed by atoms with E-state index in [1.807, 2.05) is 12.2 Å². The summed E-state index contributed by atoms with van der Waals surface area (Å²) in [5.41, 5.74) is 0.901. The van der Waals surface area contributed by atoms with Crippen molar-refractivity contribution >= 4 is 28.0 Å². The van der Waals surface area contributed by atoms with Gasteiger partial charge in [-0.3, -0.25) is 4.68 Å². The Kier molecular flexibility index (Phi) is 3.88. The second-order valence-electron chi connectivity index (χ2n) is 2.82. The highest BCUT2D eigenvalue weighted by atomic mass is 79.9. The predicted molar refractivity (Wildman–Crippen MR) is 57.4 cm³/mol. The number of halogens is 1. The maximum Gasteiger partial charge on any atom is 0.328 e. The van der Waals surface area contributed by atoms with Gasteiger partial charge in [-0.2, -0.15) is 5.10 Å². The van der Waals surface area contributed by atoms with Crippen LogP contribution in [0.5, 0.6) is 0 Å². The second kappa shape index (κ2) is 4.95. The molecule has 0 aliphatic heterocycles. The number of carboxylic acid groups (broad SMARTS) is 1. The first-order valence-corrected chi connectivity index (χ1v) is 5.26. The molecule has 0 fully saturated rings. The molecule has 0 radical (unpaired) electrons. The molecule has 0 spiro atoms. The SMILES string of the molecule is C[C@@H](C(=O)O)n1cc(C=CCBr)cn1. The van der Waals surface area contributed by atoms with Crippen LogP contribution in [0.3, 0.4) is 0 Å². The molecule has 0 saturated heterocycles. The van der Waals surface area contributed by atoms with Crippen molar-refractivity contribution < 1.29 is 9.90 Å². The van der Waals surface area contributed by atoms with Gasteiger partial charge in [0.05, 0.1) is 6.20 Å². The topological polar surface area (TPSA) is 55.1 Å². The van der Waals surface area contributed by atoms with E-state index < -0.39 is 12.0 Å². The minimum Gasteiger partial charge on any atom is -0.480 e. The molecule has 0 saturated carbocycles. The Morgan fingerprint density at radius 1 is 1.86 bits per heavy atom. The molecule has 1 rings (SSSR count). The minimum absolute atomic E-state index is 0.624. The molecule has 4 nitrogen and oxygen atoms in total. The Balaban J connectivity index is 2.77.